The van der Waals surface area contributed by atoms with Crippen LogP contribution in [0.4, 0.5) is 0 Å². The van der Waals surface area contributed by atoms with Gasteiger partial charge in [-0.1, -0.05) is 89.7 Å². The van der Waals surface area contributed by atoms with Gasteiger partial charge in [0.15, 0.2) is 4.80 Å². The van der Waals surface area contributed by atoms with Crippen molar-refractivity contribution < 1.29 is 9.53 Å². The van der Waals surface area contributed by atoms with E-state index in [2.05, 4.69) is 27.8 Å². The Bertz CT molecular complexity index is 1970. The molecule has 5 aromatic rings. The quantitative estimate of drug-likeness (QED) is 0.256. The lowest BCUT2D eigenvalue weighted by molar-refractivity contribution is -0.139. The second-order valence-corrected chi connectivity index (χ2v) is 10.9. The molecule has 0 radical (unpaired) electrons. The molecule has 0 amide bonds. The number of nitrogens with zero attached hydrogens (tertiary/aromatic N) is 3. The van der Waals surface area contributed by atoms with Crippen LogP contribution < -0.4 is 14.9 Å². The Morgan fingerprint density at radius 1 is 1.05 bits per heavy atom. The first-order chi connectivity index (χ1) is 19.5. The zero-order valence-corrected chi connectivity index (χ0v) is 23.6. The molecule has 6 rings (SSSR count). The maximum Gasteiger partial charge on any atom is 0.338 e. The first-order valence-electron chi connectivity index (χ1n) is 13.0. The number of hydrogen-bond donors (Lipinski definition) is 0. The van der Waals surface area contributed by atoms with E-state index < -0.39 is 12.0 Å². The summed E-state index contributed by atoms with van der Waals surface area (Å²) in [5.74, 6) is -0.466. The standard InChI is InChI=1S/C32H26ClN3O3S/c1-3-39-31(38)28-20(2)34-32-36(29(28)21-11-5-4-6-12-21)30(37)27(40-32)18-24-17-22-13-8-10-16-26(22)35(24)19-23-14-7-9-15-25(23)33/h4-18,29H,3,19H2,1-2H3. The van der Waals surface area contributed by atoms with Gasteiger partial charge in [-0.15, -0.1) is 0 Å². The summed E-state index contributed by atoms with van der Waals surface area (Å²) in [5.41, 5.74) is 4.45. The maximum atomic E-state index is 14.1. The Labute approximate surface area is 239 Å². The largest absolute Gasteiger partial charge is 0.463 e. The zero-order valence-electron chi connectivity index (χ0n) is 22.0. The summed E-state index contributed by atoms with van der Waals surface area (Å²) in [6, 6.07) is 26.9. The Balaban J connectivity index is 1.55. The average Bonchev–Trinajstić information content (AvgIpc) is 3.46. The molecule has 1 aliphatic heterocycles. The number of ether oxygens (including phenoxy) is 1. The maximum absolute atomic E-state index is 14.1. The van der Waals surface area contributed by atoms with Crippen molar-refractivity contribution in [1.82, 2.24) is 9.13 Å². The van der Waals surface area contributed by atoms with Gasteiger partial charge in [-0.3, -0.25) is 9.36 Å². The van der Waals surface area contributed by atoms with Crippen LogP contribution in [0, 0.1) is 0 Å². The minimum absolute atomic E-state index is 0.207. The third kappa shape index (κ3) is 4.61. The second kappa shape index (κ2) is 10.8. The van der Waals surface area contributed by atoms with Crippen LogP contribution in [0.1, 0.15) is 36.7 Å². The number of carbonyl (C=O) groups is 1. The number of allylic oxidation sites excluding steroid dienone is 1. The van der Waals surface area contributed by atoms with Crippen LogP contribution in [0.25, 0.3) is 17.0 Å². The van der Waals surface area contributed by atoms with Crippen molar-refractivity contribution in [2.75, 3.05) is 6.61 Å². The van der Waals surface area contributed by atoms with Crippen molar-refractivity contribution >= 4 is 45.9 Å². The van der Waals surface area contributed by atoms with E-state index in [4.69, 9.17) is 16.3 Å². The molecule has 1 unspecified atom stereocenters. The van der Waals surface area contributed by atoms with Gasteiger partial charge in [0.05, 0.1) is 28.5 Å². The number of carbonyl (C=O) groups excluding carboxylic acids is 1. The Morgan fingerprint density at radius 2 is 1.77 bits per heavy atom. The number of para-hydroxylation sites is 1. The summed E-state index contributed by atoms with van der Waals surface area (Å²) in [7, 11) is 0. The van der Waals surface area contributed by atoms with Gasteiger partial charge in [0.2, 0.25) is 0 Å². The van der Waals surface area contributed by atoms with Gasteiger partial charge in [-0.25, -0.2) is 9.79 Å². The number of esters is 1. The fraction of sp³-hybridized carbons (Fsp3) is 0.156. The van der Waals surface area contributed by atoms with Gasteiger partial charge in [0, 0.05) is 28.2 Å². The highest BCUT2D eigenvalue weighted by molar-refractivity contribution is 7.07. The van der Waals surface area contributed by atoms with E-state index in [-0.39, 0.29) is 12.2 Å². The lowest BCUT2D eigenvalue weighted by Gasteiger charge is -2.24. The zero-order chi connectivity index (χ0) is 27.8. The van der Waals surface area contributed by atoms with Gasteiger partial charge < -0.3 is 9.30 Å². The fourth-order valence-electron chi connectivity index (χ4n) is 5.20. The highest BCUT2D eigenvalue weighted by Crippen LogP contribution is 2.30. The molecule has 0 fully saturated rings. The third-order valence-corrected chi connectivity index (χ3v) is 8.39. The molecule has 0 bridgehead atoms. The van der Waals surface area contributed by atoms with Crippen molar-refractivity contribution in [2.24, 2.45) is 4.99 Å². The van der Waals surface area contributed by atoms with Crippen molar-refractivity contribution in [1.29, 1.82) is 0 Å². The van der Waals surface area contributed by atoms with Crippen LogP contribution in [-0.4, -0.2) is 21.7 Å². The Morgan fingerprint density at radius 3 is 2.55 bits per heavy atom. The van der Waals surface area contributed by atoms with Crippen molar-refractivity contribution in [3.05, 3.63) is 138 Å². The predicted octanol–water partition coefficient (Wildman–Crippen LogP) is 5.45. The van der Waals surface area contributed by atoms with Crippen molar-refractivity contribution in [3.8, 4) is 0 Å². The molecule has 6 nitrogen and oxygen atoms in total. The topological polar surface area (TPSA) is 65.6 Å². The highest BCUT2D eigenvalue weighted by atomic mass is 35.5. The lowest BCUT2D eigenvalue weighted by atomic mass is 9.96. The summed E-state index contributed by atoms with van der Waals surface area (Å²) in [4.78, 5) is 32.4. The Kier molecular flexibility index (Phi) is 7.00. The average molecular weight is 568 g/mol. The third-order valence-electron chi connectivity index (χ3n) is 7.04. The van der Waals surface area contributed by atoms with Crippen molar-refractivity contribution in [3.63, 3.8) is 0 Å². The summed E-state index contributed by atoms with van der Waals surface area (Å²) in [6.07, 6.45) is 1.91. The molecule has 40 heavy (non-hydrogen) atoms. The number of halogens is 1. The number of benzene rings is 3. The molecular formula is C32H26ClN3O3S. The number of fused-ring (bicyclic) bond motifs is 2. The van der Waals surface area contributed by atoms with E-state index >= 15 is 0 Å². The van der Waals surface area contributed by atoms with E-state index in [1.54, 1.807) is 18.4 Å². The Hall–Kier alpha value is -4.20. The molecule has 3 aromatic carbocycles. The van der Waals surface area contributed by atoms with E-state index in [1.807, 2.05) is 72.8 Å². The molecule has 0 saturated carbocycles. The molecule has 0 N–H and O–H groups in total. The fourth-order valence-corrected chi connectivity index (χ4v) is 6.43. The number of thiazole rings is 1. The van der Waals surface area contributed by atoms with Gasteiger partial charge >= 0.3 is 5.97 Å². The van der Waals surface area contributed by atoms with Crippen LogP contribution in [0.15, 0.2) is 106 Å². The van der Waals surface area contributed by atoms with Crippen LogP contribution in [-0.2, 0) is 16.1 Å². The highest BCUT2D eigenvalue weighted by Gasteiger charge is 2.33. The van der Waals surface area contributed by atoms with Gasteiger partial charge in [0.25, 0.3) is 5.56 Å². The number of hydrogen-bond acceptors (Lipinski definition) is 5. The van der Waals surface area contributed by atoms with Crippen LogP contribution in [0.3, 0.4) is 0 Å². The second-order valence-electron chi connectivity index (χ2n) is 9.52. The molecule has 2 aromatic heterocycles. The molecule has 1 aliphatic rings. The van der Waals surface area contributed by atoms with Crippen LogP contribution in [0.5, 0.6) is 0 Å². The number of rotatable bonds is 6. The first kappa shape index (κ1) is 26.0. The molecule has 8 heteroatoms. The summed E-state index contributed by atoms with van der Waals surface area (Å²) >= 11 is 7.84. The van der Waals surface area contributed by atoms with E-state index in [0.29, 0.717) is 32.2 Å². The van der Waals surface area contributed by atoms with E-state index in [9.17, 15) is 9.59 Å². The number of aromatic nitrogens is 2. The van der Waals surface area contributed by atoms with E-state index in [0.717, 1.165) is 27.7 Å². The monoisotopic (exact) mass is 567 g/mol. The smallest absolute Gasteiger partial charge is 0.338 e. The summed E-state index contributed by atoms with van der Waals surface area (Å²) < 4.78 is 9.70. The minimum Gasteiger partial charge on any atom is -0.463 e. The molecule has 200 valence electrons. The molecule has 0 saturated heterocycles. The van der Waals surface area contributed by atoms with Gasteiger partial charge in [-0.2, -0.15) is 0 Å². The lowest BCUT2D eigenvalue weighted by Crippen LogP contribution is -2.40. The molecular weight excluding hydrogens is 542 g/mol. The SMILES string of the molecule is CCOC(=O)C1=C(C)N=c2sc(=Cc3cc4ccccc4n3Cc3ccccc3Cl)c(=O)n2C1c1ccccc1. The normalized spacial score (nSPS) is 15.3. The van der Waals surface area contributed by atoms with Crippen LogP contribution >= 0.6 is 22.9 Å². The summed E-state index contributed by atoms with van der Waals surface area (Å²) in [5, 5.41) is 1.76. The minimum atomic E-state index is -0.632. The van der Waals surface area contributed by atoms with E-state index in [1.165, 1.54) is 11.3 Å². The molecule has 0 spiro atoms. The summed E-state index contributed by atoms with van der Waals surface area (Å²) in [6.45, 7) is 4.34. The molecule has 1 atom stereocenters. The first-order valence-corrected chi connectivity index (χ1v) is 14.2. The molecule has 3 heterocycles. The molecule has 0 aliphatic carbocycles. The predicted molar refractivity (Wildman–Crippen MR) is 159 cm³/mol. The van der Waals surface area contributed by atoms with Crippen molar-refractivity contribution in [2.45, 2.75) is 26.4 Å². The van der Waals surface area contributed by atoms with Gasteiger partial charge in [0.1, 0.15) is 0 Å². The van der Waals surface area contributed by atoms with Crippen LogP contribution in [0.2, 0.25) is 5.02 Å². The van der Waals surface area contributed by atoms with Gasteiger partial charge in [-0.05, 0) is 49.2 Å².